The van der Waals surface area contributed by atoms with E-state index in [-0.39, 0.29) is 0 Å². The molecule has 0 bridgehead atoms. The van der Waals surface area contributed by atoms with Crippen molar-refractivity contribution in [3.05, 3.63) is 28.8 Å². The Balaban J connectivity index is 2.50. The molecule has 1 aromatic carbocycles. The number of anilines is 1. The van der Waals surface area contributed by atoms with Crippen molar-refractivity contribution >= 4 is 34.5 Å². The molecule has 18 heavy (non-hydrogen) atoms. The third-order valence-corrected chi connectivity index (χ3v) is 2.72. The average molecular weight is 287 g/mol. The van der Waals surface area contributed by atoms with Gasteiger partial charge in [0.25, 0.3) is 0 Å². The highest BCUT2D eigenvalue weighted by atomic mass is 35.5. The van der Waals surface area contributed by atoms with Gasteiger partial charge in [-0.25, -0.2) is 0 Å². The van der Waals surface area contributed by atoms with Gasteiger partial charge in [0.05, 0.1) is 6.61 Å². The van der Waals surface area contributed by atoms with Gasteiger partial charge in [-0.05, 0) is 24.1 Å². The molecule has 0 saturated carbocycles. The third kappa shape index (κ3) is 5.21. The lowest BCUT2D eigenvalue weighted by Crippen LogP contribution is -2.16. The molecule has 1 rings (SSSR count). The largest absolute Gasteiger partial charge is 0.389 e. The molecule has 3 N–H and O–H groups in total. The molecule has 0 heterocycles. The van der Waals surface area contributed by atoms with Gasteiger partial charge in [-0.3, -0.25) is 0 Å². The first-order chi connectivity index (χ1) is 8.50. The van der Waals surface area contributed by atoms with Crippen molar-refractivity contribution in [3.63, 3.8) is 0 Å². The Morgan fingerprint density at radius 3 is 2.83 bits per heavy atom. The van der Waals surface area contributed by atoms with E-state index in [1.807, 2.05) is 12.1 Å². The summed E-state index contributed by atoms with van der Waals surface area (Å²) in [5.41, 5.74) is 7.31. The van der Waals surface area contributed by atoms with Gasteiger partial charge < -0.3 is 15.8 Å². The number of nitrogens with one attached hydrogen (secondary N) is 1. The first kappa shape index (κ1) is 15.2. The zero-order chi connectivity index (χ0) is 13.5. The van der Waals surface area contributed by atoms with Crippen molar-refractivity contribution < 1.29 is 4.74 Å². The van der Waals surface area contributed by atoms with Crippen molar-refractivity contribution in [2.24, 2.45) is 11.7 Å². The maximum absolute atomic E-state index is 5.95. The smallest absolute Gasteiger partial charge is 0.106 e. The van der Waals surface area contributed by atoms with Crippen molar-refractivity contribution in [2.75, 3.05) is 25.1 Å². The van der Waals surface area contributed by atoms with E-state index in [0.717, 1.165) is 17.9 Å². The van der Waals surface area contributed by atoms with E-state index in [2.05, 4.69) is 19.2 Å². The Morgan fingerprint density at radius 2 is 2.22 bits per heavy atom. The van der Waals surface area contributed by atoms with Crippen molar-refractivity contribution in [1.82, 2.24) is 0 Å². The molecule has 0 amide bonds. The number of hydrogen-bond donors (Lipinski definition) is 2. The number of hydrogen-bond acceptors (Lipinski definition) is 3. The Hall–Kier alpha value is -0.840. The van der Waals surface area contributed by atoms with Crippen molar-refractivity contribution in [3.8, 4) is 0 Å². The second-order valence-corrected chi connectivity index (χ2v) is 5.33. The fraction of sp³-hybridized carbons (Fsp3) is 0.462. The normalized spacial score (nSPS) is 10.7. The lowest BCUT2D eigenvalue weighted by atomic mass is 10.2. The minimum Gasteiger partial charge on any atom is -0.389 e. The van der Waals surface area contributed by atoms with Gasteiger partial charge in [-0.2, -0.15) is 0 Å². The van der Waals surface area contributed by atoms with Crippen LogP contribution >= 0.6 is 23.8 Å². The fourth-order valence-electron chi connectivity index (χ4n) is 1.45. The van der Waals surface area contributed by atoms with E-state index >= 15 is 0 Å². The highest BCUT2D eigenvalue weighted by Gasteiger charge is 2.05. The van der Waals surface area contributed by atoms with E-state index in [0.29, 0.717) is 29.1 Å². The Bertz CT molecular complexity index is 410. The molecule has 5 heteroatoms. The molecule has 3 nitrogen and oxygen atoms in total. The summed E-state index contributed by atoms with van der Waals surface area (Å²) in [6.45, 7) is 6.34. The summed E-state index contributed by atoms with van der Waals surface area (Å²) in [5, 5.41) is 3.89. The molecular formula is C13H19ClN2OS. The van der Waals surface area contributed by atoms with Crippen LogP contribution in [0.3, 0.4) is 0 Å². The molecule has 1 aromatic rings. The van der Waals surface area contributed by atoms with Crippen LogP contribution in [0, 0.1) is 5.92 Å². The first-order valence-electron chi connectivity index (χ1n) is 5.91. The number of benzene rings is 1. The monoisotopic (exact) mass is 286 g/mol. The molecule has 0 aliphatic heterocycles. The maximum atomic E-state index is 5.95. The standard InChI is InChI=1S/C13H19ClN2OS/c1-9(2)8-17-6-5-16-12-7-10(14)3-4-11(12)13(15)18/h3-4,7,9,16H,5-6,8H2,1-2H3,(H2,15,18). The zero-order valence-electron chi connectivity index (χ0n) is 10.7. The van der Waals surface area contributed by atoms with E-state index in [4.69, 9.17) is 34.3 Å². The summed E-state index contributed by atoms with van der Waals surface area (Å²) < 4.78 is 5.49. The summed E-state index contributed by atoms with van der Waals surface area (Å²) in [4.78, 5) is 0.359. The lowest BCUT2D eigenvalue weighted by molar-refractivity contribution is 0.118. The van der Waals surface area contributed by atoms with Crippen LogP contribution in [-0.4, -0.2) is 24.7 Å². The molecule has 0 spiro atoms. The summed E-state index contributed by atoms with van der Waals surface area (Å²) in [6, 6.07) is 5.41. The van der Waals surface area contributed by atoms with Crippen LogP contribution in [0.15, 0.2) is 18.2 Å². The molecule has 0 aromatic heterocycles. The van der Waals surface area contributed by atoms with Gasteiger partial charge >= 0.3 is 0 Å². The number of nitrogens with two attached hydrogens (primary N) is 1. The predicted molar refractivity (Wildman–Crippen MR) is 81.5 cm³/mol. The fourth-order valence-corrected chi connectivity index (χ4v) is 1.80. The van der Waals surface area contributed by atoms with Crippen molar-refractivity contribution in [2.45, 2.75) is 13.8 Å². The first-order valence-corrected chi connectivity index (χ1v) is 6.70. The van der Waals surface area contributed by atoms with Gasteiger partial charge in [0.2, 0.25) is 0 Å². The lowest BCUT2D eigenvalue weighted by Gasteiger charge is -2.12. The van der Waals surface area contributed by atoms with Crippen molar-refractivity contribution in [1.29, 1.82) is 0 Å². The highest BCUT2D eigenvalue weighted by molar-refractivity contribution is 7.80. The zero-order valence-corrected chi connectivity index (χ0v) is 12.3. The third-order valence-electron chi connectivity index (χ3n) is 2.26. The van der Waals surface area contributed by atoms with Crippen LogP contribution < -0.4 is 11.1 Å². The van der Waals surface area contributed by atoms with Gasteiger partial charge in [0.1, 0.15) is 4.99 Å². The molecule has 0 unspecified atom stereocenters. The minimum atomic E-state index is 0.359. The van der Waals surface area contributed by atoms with Gasteiger partial charge in [0, 0.05) is 29.4 Å². The van der Waals surface area contributed by atoms with Crippen LogP contribution in [-0.2, 0) is 4.74 Å². The molecule has 0 saturated heterocycles. The van der Waals surface area contributed by atoms with Crippen LogP contribution in [0.1, 0.15) is 19.4 Å². The molecule has 0 aliphatic rings. The number of halogens is 1. The maximum Gasteiger partial charge on any atom is 0.106 e. The Labute approximate surface area is 119 Å². The predicted octanol–water partition coefficient (Wildman–Crippen LogP) is 3.06. The number of rotatable bonds is 7. The quantitative estimate of drug-likeness (QED) is 0.597. The topological polar surface area (TPSA) is 47.3 Å². The molecule has 0 atom stereocenters. The number of thiocarbonyl (C=S) groups is 1. The van der Waals surface area contributed by atoms with Crippen LogP contribution in [0.25, 0.3) is 0 Å². The Morgan fingerprint density at radius 1 is 1.50 bits per heavy atom. The van der Waals surface area contributed by atoms with E-state index in [1.54, 1.807) is 6.07 Å². The number of ether oxygens (including phenoxy) is 1. The second kappa shape index (κ2) is 7.56. The molecule has 0 aliphatic carbocycles. The second-order valence-electron chi connectivity index (χ2n) is 4.45. The summed E-state index contributed by atoms with van der Waals surface area (Å²) in [6.07, 6.45) is 0. The van der Waals surface area contributed by atoms with Gasteiger partial charge in [-0.1, -0.05) is 37.7 Å². The van der Waals surface area contributed by atoms with E-state index in [1.165, 1.54) is 0 Å². The summed E-state index contributed by atoms with van der Waals surface area (Å²) in [7, 11) is 0. The van der Waals surface area contributed by atoms with Crippen LogP contribution in [0.4, 0.5) is 5.69 Å². The minimum absolute atomic E-state index is 0.359. The highest BCUT2D eigenvalue weighted by Crippen LogP contribution is 2.20. The van der Waals surface area contributed by atoms with Gasteiger partial charge in [-0.15, -0.1) is 0 Å². The Kier molecular flexibility index (Phi) is 6.39. The SMILES string of the molecule is CC(C)COCCNc1cc(Cl)ccc1C(N)=S. The molecule has 0 fully saturated rings. The summed E-state index contributed by atoms with van der Waals surface area (Å²) >= 11 is 10.9. The molecule has 100 valence electrons. The average Bonchev–Trinajstić information content (AvgIpc) is 2.27. The van der Waals surface area contributed by atoms with Crippen LogP contribution in [0.5, 0.6) is 0 Å². The van der Waals surface area contributed by atoms with Gasteiger partial charge in [0.15, 0.2) is 0 Å². The van der Waals surface area contributed by atoms with Crippen LogP contribution in [0.2, 0.25) is 5.02 Å². The van der Waals surface area contributed by atoms with E-state index in [9.17, 15) is 0 Å². The van der Waals surface area contributed by atoms with E-state index < -0.39 is 0 Å². The molecule has 0 radical (unpaired) electrons. The molecular weight excluding hydrogens is 268 g/mol. The summed E-state index contributed by atoms with van der Waals surface area (Å²) in [5.74, 6) is 0.545.